The van der Waals surface area contributed by atoms with E-state index in [1.165, 1.54) is 0 Å². The Labute approximate surface area is 80.9 Å². The molecule has 1 atom stereocenters. The number of hydrogen-bond acceptors (Lipinski definition) is 2. The summed E-state index contributed by atoms with van der Waals surface area (Å²) in [5.41, 5.74) is 1.16. The molecule has 4 heteroatoms. The highest BCUT2D eigenvalue weighted by atomic mass is 32.2. The average molecular weight is 198 g/mol. The fourth-order valence-corrected chi connectivity index (χ4v) is 1.58. The third-order valence-corrected chi connectivity index (χ3v) is 2.51. The van der Waals surface area contributed by atoms with Crippen molar-refractivity contribution in [2.24, 2.45) is 5.14 Å². The summed E-state index contributed by atoms with van der Waals surface area (Å²) in [6, 6.07) is 7.55. The van der Waals surface area contributed by atoms with E-state index in [9.17, 15) is 4.21 Å². The minimum Gasteiger partial charge on any atom is -0.319 e. The quantitative estimate of drug-likeness (QED) is 0.737. The first-order valence-corrected chi connectivity index (χ1v) is 5.35. The molecule has 3 nitrogen and oxygen atoms in total. The van der Waals surface area contributed by atoms with Crippen LogP contribution in [0.5, 0.6) is 0 Å². The molecule has 0 saturated heterocycles. The number of nitrogens with two attached hydrogens (primary N) is 1. The van der Waals surface area contributed by atoms with E-state index in [2.05, 4.69) is 5.32 Å². The van der Waals surface area contributed by atoms with Crippen LogP contribution in [-0.2, 0) is 17.4 Å². The number of likely N-dealkylation sites (N-methyl/N-ethyl adjacent to an activating group) is 1. The van der Waals surface area contributed by atoms with Crippen molar-refractivity contribution in [2.45, 2.75) is 11.3 Å². The van der Waals surface area contributed by atoms with Gasteiger partial charge in [-0.05, 0) is 37.7 Å². The van der Waals surface area contributed by atoms with E-state index in [0.29, 0.717) is 4.90 Å². The Bertz CT molecular complexity index is 301. The predicted octanol–water partition coefficient (Wildman–Crippen LogP) is 0.430. The molecule has 13 heavy (non-hydrogen) atoms. The lowest BCUT2D eigenvalue weighted by atomic mass is 10.1. The highest BCUT2D eigenvalue weighted by Gasteiger charge is 1.98. The molecule has 0 radical (unpaired) electrons. The maximum absolute atomic E-state index is 10.9. The molecule has 1 aromatic rings. The summed E-state index contributed by atoms with van der Waals surface area (Å²) < 4.78 is 10.9. The van der Waals surface area contributed by atoms with Gasteiger partial charge in [-0.15, -0.1) is 0 Å². The summed E-state index contributed by atoms with van der Waals surface area (Å²) in [7, 11) is 0.543. The molecule has 0 heterocycles. The van der Waals surface area contributed by atoms with Gasteiger partial charge in [0, 0.05) is 0 Å². The summed E-state index contributed by atoms with van der Waals surface area (Å²) in [6.07, 6.45) is 0.932. The monoisotopic (exact) mass is 198 g/mol. The Hall–Kier alpha value is -0.710. The van der Waals surface area contributed by atoms with E-state index in [4.69, 9.17) is 5.14 Å². The molecule has 1 unspecified atom stereocenters. The molecule has 0 aromatic heterocycles. The highest BCUT2D eigenvalue weighted by molar-refractivity contribution is 7.82. The van der Waals surface area contributed by atoms with Gasteiger partial charge in [0.15, 0.2) is 0 Å². The molecule has 0 fully saturated rings. The van der Waals surface area contributed by atoms with E-state index >= 15 is 0 Å². The van der Waals surface area contributed by atoms with E-state index < -0.39 is 11.0 Å². The Morgan fingerprint density at radius 2 is 2.31 bits per heavy atom. The normalized spacial score (nSPS) is 12.8. The number of rotatable bonds is 4. The zero-order chi connectivity index (χ0) is 9.68. The number of nitrogens with one attached hydrogen (secondary N) is 1. The molecule has 0 spiro atoms. The van der Waals surface area contributed by atoms with Crippen LogP contribution >= 0.6 is 0 Å². The van der Waals surface area contributed by atoms with Crippen molar-refractivity contribution in [1.82, 2.24) is 5.32 Å². The standard InChI is InChI=1S/C9H14N2OS/c1-11-6-5-8-3-2-4-9(7-8)13(10)12/h2-4,7,11H,5-6,10H2,1H3. The predicted molar refractivity (Wildman–Crippen MR) is 54.7 cm³/mol. The number of hydrogen-bond donors (Lipinski definition) is 2. The maximum atomic E-state index is 10.9. The van der Waals surface area contributed by atoms with Gasteiger partial charge in [0.05, 0.1) is 4.90 Å². The van der Waals surface area contributed by atoms with Crippen molar-refractivity contribution in [3.8, 4) is 0 Å². The lowest BCUT2D eigenvalue weighted by Crippen LogP contribution is -2.10. The zero-order valence-electron chi connectivity index (χ0n) is 7.62. The van der Waals surface area contributed by atoms with Gasteiger partial charge in [-0.2, -0.15) is 0 Å². The smallest absolute Gasteiger partial charge is 0.122 e. The molecule has 0 aliphatic carbocycles. The molecule has 0 aliphatic rings. The van der Waals surface area contributed by atoms with Crippen LogP contribution in [0, 0.1) is 0 Å². The second-order valence-corrected chi connectivity index (χ2v) is 3.86. The van der Waals surface area contributed by atoms with Crippen molar-refractivity contribution >= 4 is 11.0 Å². The van der Waals surface area contributed by atoms with E-state index in [1.54, 1.807) is 6.07 Å². The molecule has 72 valence electrons. The molecule has 0 aliphatic heterocycles. The van der Waals surface area contributed by atoms with Gasteiger partial charge in [-0.1, -0.05) is 12.1 Å². The van der Waals surface area contributed by atoms with E-state index in [-0.39, 0.29) is 0 Å². The summed E-state index contributed by atoms with van der Waals surface area (Å²) >= 11 is 0. The topological polar surface area (TPSA) is 55.1 Å². The minimum absolute atomic E-state index is 0.689. The fourth-order valence-electron chi connectivity index (χ4n) is 1.10. The van der Waals surface area contributed by atoms with Crippen molar-refractivity contribution in [3.63, 3.8) is 0 Å². The van der Waals surface area contributed by atoms with Crippen LogP contribution < -0.4 is 10.5 Å². The van der Waals surface area contributed by atoms with Crippen molar-refractivity contribution in [3.05, 3.63) is 29.8 Å². The van der Waals surface area contributed by atoms with Crippen LogP contribution in [0.2, 0.25) is 0 Å². The SMILES string of the molecule is CNCCc1cccc(S(N)=O)c1. The van der Waals surface area contributed by atoms with E-state index in [1.807, 2.05) is 25.2 Å². The molecular weight excluding hydrogens is 184 g/mol. The summed E-state index contributed by atoms with van der Waals surface area (Å²) in [5.74, 6) is 0. The van der Waals surface area contributed by atoms with Gasteiger partial charge >= 0.3 is 0 Å². The zero-order valence-corrected chi connectivity index (χ0v) is 8.43. The molecule has 1 aromatic carbocycles. The van der Waals surface area contributed by atoms with Crippen LogP contribution in [0.4, 0.5) is 0 Å². The second-order valence-electron chi connectivity index (χ2n) is 2.80. The van der Waals surface area contributed by atoms with Crippen LogP contribution in [0.25, 0.3) is 0 Å². The largest absolute Gasteiger partial charge is 0.319 e. The second kappa shape index (κ2) is 5.11. The minimum atomic E-state index is -1.37. The first-order valence-electron chi connectivity index (χ1n) is 4.13. The highest BCUT2D eigenvalue weighted by Crippen LogP contribution is 2.07. The van der Waals surface area contributed by atoms with Gasteiger partial charge < -0.3 is 5.32 Å². The van der Waals surface area contributed by atoms with Crippen molar-refractivity contribution in [1.29, 1.82) is 0 Å². The fraction of sp³-hybridized carbons (Fsp3) is 0.333. The first kappa shape index (κ1) is 10.4. The lowest BCUT2D eigenvalue weighted by Gasteiger charge is -2.02. The molecule has 0 amide bonds. The van der Waals surface area contributed by atoms with Crippen molar-refractivity contribution in [2.75, 3.05) is 13.6 Å². The average Bonchev–Trinajstić information content (AvgIpc) is 2.15. The van der Waals surface area contributed by atoms with Gasteiger partial charge in [-0.3, -0.25) is 0 Å². The Morgan fingerprint density at radius 1 is 1.54 bits per heavy atom. The molecule has 3 N–H and O–H groups in total. The van der Waals surface area contributed by atoms with Gasteiger partial charge in [-0.25, -0.2) is 9.35 Å². The third kappa shape index (κ3) is 3.26. The molecule has 1 rings (SSSR count). The van der Waals surface area contributed by atoms with Gasteiger partial charge in [0.25, 0.3) is 0 Å². The van der Waals surface area contributed by atoms with Gasteiger partial charge in [0.2, 0.25) is 0 Å². The van der Waals surface area contributed by atoms with E-state index in [0.717, 1.165) is 18.5 Å². The van der Waals surface area contributed by atoms with Crippen LogP contribution in [-0.4, -0.2) is 17.8 Å². The Morgan fingerprint density at radius 3 is 2.92 bits per heavy atom. The molecular formula is C9H14N2OS. The number of benzene rings is 1. The van der Waals surface area contributed by atoms with Crippen LogP contribution in [0.3, 0.4) is 0 Å². The summed E-state index contributed by atoms with van der Waals surface area (Å²) in [4.78, 5) is 0.689. The summed E-state index contributed by atoms with van der Waals surface area (Å²) in [5, 5.41) is 8.33. The van der Waals surface area contributed by atoms with Crippen LogP contribution in [0.15, 0.2) is 29.2 Å². The van der Waals surface area contributed by atoms with Crippen molar-refractivity contribution < 1.29 is 4.21 Å². The summed E-state index contributed by atoms with van der Waals surface area (Å²) in [6.45, 7) is 0.917. The molecule has 0 bridgehead atoms. The Kier molecular flexibility index (Phi) is 4.08. The van der Waals surface area contributed by atoms with Gasteiger partial charge in [0.1, 0.15) is 11.0 Å². The van der Waals surface area contributed by atoms with Crippen LogP contribution in [0.1, 0.15) is 5.56 Å². The first-order chi connectivity index (χ1) is 6.24. The maximum Gasteiger partial charge on any atom is 0.122 e. The molecule has 0 saturated carbocycles. The Balaban J connectivity index is 2.73. The lowest BCUT2D eigenvalue weighted by molar-refractivity contribution is 0.684. The third-order valence-electron chi connectivity index (χ3n) is 1.79.